The van der Waals surface area contributed by atoms with Gasteiger partial charge in [0, 0.05) is 49.4 Å². The number of nitrogens with zero attached hydrogens (tertiary/aromatic N) is 3. The Morgan fingerprint density at radius 1 is 0.245 bits per heavy atom. The minimum Gasteiger partial charge on any atom is -0.309 e. The summed E-state index contributed by atoms with van der Waals surface area (Å²) in [6.07, 6.45) is 0. The van der Waals surface area contributed by atoms with Crippen LogP contribution in [0.1, 0.15) is 0 Å². The molecular weight excluding hydrogens is 595 g/mol. The Morgan fingerprint density at radius 3 is 1.41 bits per heavy atom. The van der Waals surface area contributed by atoms with Gasteiger partial charge in [0.25, 0.3) is 0 Å². The minimum absolute atomic E-state index is 1.14. The Hall–Kier alpha value is -6.58. The predicted molar refractivity (Wildman–Crippen MR) is 207 cm³/mol. The smallest absolute Gasteiger partial charge is 0.0562 e. The van der Waals surface area contributed by atoms with Crippen molar-refractivity contribution in [2.24, 2.45) is 0 Å². The maximum atomic E-state index is 2.45. The Balaban J connectivity index is 1.25. The van der Waals surface area contributed by atoms with Crippen molar-refractivity contribution >= 4 is 76.2 Å². The van der Waals surface area contributed by atoms with E-state index in [1.807, 2.05) is 0 Å². The highest BCUT2D eigenvalue weighted by atomic mass is 15.0. The molecule has 0 fully saturated rings. The fourth-order valence-corrected chi connectivity index (χ4v) is 8.35. The van der Waals surface area contributed by atoms with E-state index in [1.165, 1.54) is 76.2 Å². The van der Waals surface area contributed by atoms with Crippen molar-refractivity contribution in [3.05, 3.63) is 176 Å². The van der Waals surface area contributed by atoms with Crippen LogP contribution in [-0.4, -0.2) is 13.7 Å². The van der Waals surface area contributed by atoms with Crippen molar-refractivity contribution in [2.45, 2.75) is 0 Å². The van der Waals surface area contributed by atoms with Gasteiger partial charge < -0.3 is 13.7 Å². The van der Waals surface area contributed by atoms with E-state index in [-0.39, 0.29) is 0 Å². The summed E-state index contributed by atoms with van der Waals surface area (Å²) in [5.74, 6) is 0. The quantitative estimate of drug-likeness (QED) is 0.186. The zero-order chi connectivity index (χ0) is 32.1. The Kier molecular flexibility index (Phi) is 5.38. The number of benzene rings is 8. The average Bonchev–Trinajstić information content (AvgIpc) is 3.80. The van der Waals surface area contributed by atoms with E-state index in [2.05, 4.69) is 190 Å². The van der Waals surface area contributed by atoms with Crippen LogP contribution in [0.5, 0.6) is 0 Å². The molecule has 0 atom stereocenters. The molecule has 3 aromatic heterocycles. The summed E-state index contributed by atoms with van der Waals surface area (Å²) >= 11 is 0. The van der Waals surface area contributed by atoms with Gasteiger partial charge in [-0.15, -0.1) is 0 Å². The average molecular weight is 624 g/mol. The summed E-state index contributed by atoms with van der Waals surface area (Å²) in [5.41, 5.74) is 10.7. The minimum atomic E-state index is 1.14. The van der Waals surface area contributed by atoms with Crippen LogP contribution in [0.25, 0.3) is 93.3 Å². The van der Waals surface area contributed by atoms with E-state index in [0.29, 0.717) is 0 Å². The van der Waals surface area contributed by atoms with Gasteiger partial charge in [0.2, 0.25) is 0 Å². The van der Waals surface area contributed by atoms with Crippen LogP contribution in [0, 0.1) is 0 Å². The van der Waals surface area contributed by atoms with Gasteiger partial charge in [-0.25, -0.2) is 0 Å². The molecule has 0 amide bonds. The molecule has 49 heavy (non-hydrogen) atoms. The van der Waals surface area contributed by atoms with Crippen LogP contribution in [0.2, 0.25) is 0 Å². The fraction of sp³-hybridized carbons (Fsp3) is 0. The van der Waals surface area contributed by atoms with Crippen molar-refractivity contribution in [1.29, 1.82) is 0 Å². The fourth-order valence-electron chi connectivity index (χ4n) is 8.35. The highest BCUT2D eigenvalue weighted by Crippen LogP contribution is 2.42. The Bertz CT molecular complexity index is 3050. The third kappa shape index (κ3) is 3.67. The second-order valence-electron chi connectivity index (χ2n) is 13.0. The predicted octanol–water partition coefficient (Wildman–Crippen LogP) is 12.1. The number of fused-ring (bicyclic) bond motifs is 11. The number of rotatable bonds is 3. The number of hydrogen-bond donors (Lipinski definition) is 0. The van der Waals surface area contributed by atoms with Gasteiger partial charge in [-0.1, -0.05) is 109 Å². The largest absolute Gasteiger partial charge is 0.309 e. The SMILES string of the molecule is c1ccc(-n2c3cc4c(cc3c3c5ccccc5ccc32)c2ccccc2n4-c2cccc(-n3c4ccccc4c4ccccc43)c2)cc1. The highest BCUT2D eigenvalue weighted by molar-refractivity contribution is 6.25. The van der Waals surface area contributed by atoms with Crippen LogP contribution in [0.3, 0.4) is 0 Å². The first-order chi connectivity index (χ1) is 24.3. The molecule has 0 aliphatic carbocycles. The molecule has 0 saturated carbocycles. The molecule has 0 aliphatic heterocycles. The molecule has 0 radical (unpaired) electrons. The van der Waals surface area contributed by atoms with E-state index < -0.39 is 0 Å². The summed E-state index contributed by atoms with van der Waals surface area (Å²) in [4.78, 5) is 0. The van der Waals surface area contributed by atoms with Gasteiger partial charge in [-0.2, -0.15) is 0 Å². The molecule has 0 N–H and O–H groups in total. The van der Waals surface area contributed by atoms with Crippen LogP contribution >= 0.6 is 0 Å². The normalized spacial score (nSPS) is 12.1. The first-order valence-electron chi connectivity index (χ1n) is 16.9. The van der Waals surface area contributed by atoms with E-state index >= 15 is 0 Å². The zero-order valence-corrected chi connectivity index (χ0v) is 26.6. The molecule has 228 valence electrons. The molecule has 3 heteroatoms. The topological polar surface area (TPSA) is 14.8 Å². The van der Waals surface area contributed by atoms with Crippen LogP contribution in [-0.2, 0) is 0 Å². The first-order valence-corrected chi connectivity index (χ1v) is 16.9. The molecule has 11 rings (SSSR count). The second kappa shape index (κ2) is 9.96. The number of aromatic nitrogens is 3. The molecule has 3 heterocycles. The molecule has 0 aliphatic rings. The van der Waals surface area contributed by atoms with Gasteiger partial charge in [0.15, 0.2) is 0 Å². The standard InChI is InChI=1S/C46H29N3/c1-2-14-31(15-3-1)47-43-26-25-30-13-4-5-18-34(30)46(43)39-28-38-37-21-8-11-24-42(37)49(44(38)29-45(39)47)33-17-12-16-32(27-33)48-40-22-9-6-19-35(40)36-20-7-10-23-41(36)48/h1-29H. The van der Waals surface area contributed by atoms with Crippen molar-refractivity contribution in [2.75, 3.05) is 0 Å². The number of para-hydroxylation sites is 4. The summed E-state index contributed by atoms with van der Waals surface area (Å²) in [5, 5.41) is 10.1. The highest BCUT2D eigenvalue weighted by Gasteiger charge is 2.20. The first kappa shape index (κ1) is 26.5. The maximum absolute atomic E-state index is 2.45. The van der Waals surface area contributed by atoms with Gasteiger partial charge in [0.1, 0.15) is 0 Å². The Morgan fingerprint density at radius 2 is 0.735 bits per heavy atom. The molecule has 0 spiro atoms. The van der Waals surface area contributed by atoms with Crippen molar-refractivity contribution < 1.29 is 0 Å². The molecule has 0 bridgehead atoms. The molecule has 0 saturated heterocycles. The van der Waals surface area contributed by atoms with Gasteiger partial charge in [-0.05, 0) is 77.5 Å². The van der Waals surface area contributed by atoms with E-state index in [0.717, 1.165) is 17.1 Å². The molecule has 8 aromatic carbocycles. The third-order valence-electron chi connectivity index (χ3n) is 10.4. The lowest BCUT2D eigenvalue weighted by molar-refractivity contribution is 1.13. The second-order valence-corrected chi connectivity index (χ2v) is 13.0. The van der Waals surface area contributed by atoms with Crippen molar-refractivity contribution in [3.63, 3.8) is 0 Å². The van der Waals surface area contributed by atoms with Crippen LogP contribution in [0.15, 0.2) is 176 Å². The zero-order valence-electron chi connectivity index (χ0n) is 26.6. The summed E-state index contributed by atoms with van der Waals surface area (Å²) in [6, 6.07) is 64.2. The summed E-state index contributed by atoms with van der Waals surface area (Å²) < 4.78 is 7.29. The lowest BCUT2D eigenvalue weighted by atomic mass is 10.0. The molecule has 11 aromatic rings. The van der Waals surface area contributed by atoms with Crippen molar-refractivity contribution in [3.8, 4) is 17.1 Å². The van der Waals surface area contributed by atoms with E-state index in [4.69, 9.17) is 0 Å². The van der Waals surface area contributed by atoms with Gasteiger partial charge in [0.05, 0.1) is 33.1 Å². The maximum Gasteiger partial charge on any atom is 0.0562 e. The summed E-state index contributed by atoms with van der Waals surface area (Å²) in [6.45, 7) is 0. The third-order valence-corrected chi connectivity index (χ3v) is 10.4. The van der Waals surface area contributed by atoms with Gasteiger partial charge >= 0.3 is 0 Å². The molecular formula is C46H29N3. The Labute approximate surface area is 282 Å². The van der Waals surface area contributed by atoms with Crippen LogP contribution < -0.4 is 0 Å². The number of hydrogen-bond acceptors (Lipinski definition) is 0. The van der Waals surface area contributed by atoms with Crippen molar-refractivity contribution in [1.82, 2.24) is 13.7 Å². The summed E-state index contributed by atoms with van der Waals surface area (Å²) in [7, 11) is 0. The lowest BCUT2D eigenvalue weighted by Crippen LogP contribution is -1.99. The monoisotopic (exact) mass is 623 g/mol. The van der Waals surface area contributed by atoms with E-state index in [1.54, 1.807) is 0 Å². The van der Waals surface area contributed by atoms with Gasteiger partial charge in [-0.3, -0.25) is 0 Å². The van der Waals surface area contributed by atoms with E-state index in [9.17, 15) is 0 Å². The lowest BCUT2D eigenvalue weighted by Gasteiger charge is -2.13. The molecule has 3 nitrogen and oxygen atoms in total. The van der Waals surface area contributed by atoms with Crippen LogP contribution in [0.4, 0.5) is 0 Å². The molecule has 0 unspecified atom stereocenters.